The molecule has 8 nitrogen and oxygen atoms in total. The van der Waals surface area contributed by atoms with Crippen LogP contribution in [0.3, 0.4) is 0 Å². The molecule has 2 aliphatic rings. The van der Waals surface area contributed by atoms with Crippen LogP contribution in [0, 0.1) is 6.92 Å². The first kappa shape index (κ1) is 25.5. The van der Waals surface area contributed by atoms with E-state index in [2.05, 4.69) is 63.5 Å². The minimum atomic E-state index is -0.162. The van der Waals surface area contributed by atoms with E-state index in [-0.39, 0.29) is 11.4 Å². The van der Waals surface area contributed by atoms with Crippen LogP contribution in [0.5, 0.6) is 0 Å². The summed E-state index contributed by atoms with van der Waals surface area (Å²) in [6.07, 6.45) is 8.15. The van der Waals surface area contributed by atoms with Gasteiger partial charge in [-0.15, -0.1) is 0 Å². The highest BCUT2D eigenvalue weighted by Crippen LogP contribution is 2.39. The van der Waals surface area contributed by atoms with E-state index in [9.17, 15) is 4.79 Å². The molecule has 0 radical (unpaired) electrons. The molecule has 2 fully saturated rings. The number of ether oxygens (including phenoxy) is 1. The summed E-state index contributed by atoms with van der Waals surface area (Å²) in [5, 5.41) is 7.00. The Morgan fingerprint density at radius 1 is 1.03 bits per heavy atom. The number of aryl methyl sites for hydroxylation is 1. The van der Waals surface area contributed by atoms with Crippen molar-refractivity contribution in [3.05, 3.63) is 78.5 Å². The predicted molar refractivity (Wildman–Crippen MR) is 140 cm³/mol. The Hall–Kier alpha value is -3.62. The average Bonchev–Trinajstić information content (AvgIpc) is 3.01. The van der Waals surface area contributed by atoms with Crippen LogP contribution in [0.2, 0.25) is 0 Å². The van der Waals surface area contributed by atoms with Gasteiger partial charge in [-0.2, -0.15) is 5.10 Å². The molecule has 5 rings (SSSR count). The molecule has 3 aromatic rings. The number of rotatable bonds is 3. The van der Waals surface area contributed by atoms with Crippen LogP contribution in [0.25, 0.3) is 22.4 Å². The Morgan fingerprint density at radius 2 is 1.75 bits per heavy atom. The summed E-state index contributed by atoms with van der Waals surface area (Å²) in [6, 6.07) is 16.7. The van der Waals surface area contributed by atoms with Gasteiger partial charge in [-0.25, -0.2) is 9.97 Å². The van der Waals surface area contributed by atoms with Crippen LogP contribution < -0.4 is 5.73 Å². The summed E-state index contributed by atoms with van der Waals surface area (Å²) in [5.41, 5.74) is 12.6. The lowest BCUT2D eigenvalue weighted by Gasteiger charge is -2.38. The molecule has 0 bridgehead atoms. The van der Waals surface area contributed by atoms with E-state index in [1.54, 1.807) is 11.8 Å². The number of carbonyl (C=O) groups is 1. The molecule has 2 heterocycles. The van der Waals surface area contributed by atoms with Crippen molar-refractivity contribution in [1.29, 1.82) is 0 Å². The number of nitrogens with one attached hydrogen (secondary N) is 1. The molecule has 1 aliphatic carbocycles. The second-order valence-corrected chi connectivity index (χ2v) is 9.19. The third kappa shape index (κ3) is 6.13. The molecular weight excluding hydrogens is 452 g/mol. The fraction of sp³-hybridized carbons (Fsp3) is 0.357. The number of nitrogens with two attached hydrogens (primary N) is 1. The van der Waals surface area contributed by atoms with Gasteiger partial charge in [-0.1, -0.05) is 48.5 Å². The van der Waals surface area contributed by atoms with Crippen LogP contribution >= 0.6 is 0 Å². The lowest BCUT2D eigenvalue weighted by Crippen LogP contribution is -2.43. The van der Waals surface area contributed by atoms with Gasteiger partial charge in [-0.3, -0.25) is 9.89 Å². The highest BCUT2D eigenvalue weighted by molar-refractivity contribution is 5.81. The van der Waals surface area contributed by atoms with Gasteiger partial charge in [0.1, 0.15) is 12.7 Å². The molecule has 36 heavy (non-hydrogen) atoms. The summed E-state index contributed by atoms with van der Waals surface area (Å²) in [5.74, 6) is 0.151. The van der Waals surface area contributed by atoms with Crippen molar-refractivity contribution in [2.45, 2.75) is 38.6 Å². The first-order valence-electron chi connectivity index (χ1n) is 12.3. The number of hydrogen-bond donors (Lipinski definition) is 2. The molecule has 1 saturated heterocycles. The molecule has 3 N–H and O–H groups in total. The first-order chi connectivity index (χ1) is 17.5. The maximum Gasteiger partial charge on any atom is 0.219 e. The van der Waals surface area contributed by atoms with Gasteiger partial charge in [0.15, 0.2) is 0 Å². The van der Waals surface area contributed by atoms with Gasteiger partial charge in [0.25, 0.3) is 0 Å². The number of amides is 1. The van der Waals surface area contributed by atoms with Crippen LogP contribution in [0.15, 0.2) is 67.4 Å². The van der Waals surface area contributed by atoms with Crippen molar-refractivity contribution in [2.75, 3.05) is 26.3 Å². The Morgan fingerprint density at radius 3 is 2.36 bits per heavy atom. The first-order valence-corrected chi connectivity index (χ1v) is 12.3. The molecule has 1 amide bonds. The van der Waals surface area contributed by atoms with Crippen molar-refractivity contribution in [2.24, 2.45) is 5.73 Å². The summed E-state index contributed by atoms with van der Waals surface area (Å²) in [7, 11) is 0. The van der Waals surface area contributed by atoms with Crippen molar-refractivity contribution in [1.82, 2.24) is 25.1 Å². The van der Waals surface area contributed by atoms with Gasteiger partial charge >= 0.3 is 0 Å². The van der Waals surface area contributed by atoms with E-state index in [0.29, 0.717) is 13.2 Å². The lowest BCUT2D eigenvalue weighted by atomic mass is 9.72. The quantitative estimate of drug-likeness (QED) is 0.575. The minimum Gasteiger partial charge on any atom is -0.378 e. The summed E-state index contributed by atoms with van der Waals surface area (Å²) >= 11 is 0. The Balaban J connectivity index is 0.000000286. The second-order valence-electron chi connectivity index (χ2n) is 9.19. The Labute approximate surface area is 212 Å². The van der Waals surface area contributed by atoms with E-state index in [1.807, 2.05) is 18.3 Å². The summed E-state index contributed by atoms with van der Waals surface area (Å²) in [6.45, 7) is 6.59. The molecule has 0 atom stereocenters. The molecule has 1 aromatic heterocycles. The smallest absolute Gasteiger partial charge is 0.219 e. The lowest BCUT2D eigenvalue weighted by molar-refractivity contribution is -0.132. The van der Waals surface area contributed by atoms with Crippen LogP contribution in [-0.4, -0.2) is 57.3 Å². The number of aromatic amines is 1. The molecule has 2 aromatic carbocycles. The monoisotopic (exact) mass is 486 g/mol. The van der Waals surface area contributed by atoms with Gasteiger partial charge in [-0.05, 0) is 42.9 Å². The zero-order chi connectivity index (χ0) is 25.4. The van der Waals surface area contributed by atoms with Crippen LogP contribution in [-0.2, 0) is 15.1 Å². The topological polar surface area (TPSA) is 110 Å². The summed E-state index contributed by atoms with van der Waals surface area (Å²) in [4.78, 5) is 21.2. The molecule has 0 unspecified atom stereocenters. The minimum absolute atomic E-state index is 0.151. The largest absolute Gasteiger partial charge is 0.378 e. The number of benzene rings is 2. The number of carbonyl (C=O) groups excluding carboxylic acids is 1. The third-order valence-electron chi connectivity index (χ3n) is 6.79. The normalized spacial score (nSPS) is 16.1. The number of nitrogens with zero attached hydrogens (tertiary/aromatic N) is 4. The van der Waals surface area contributed by atoms with E-state index < -0.39 is 0 Å². The number of aromatic nitrogens is 4. The zero-order valence-corrected chi connectivity index (χ0v) is 21.0. The zero-order valence-electron chi connectivity index (χ0n) is 21.0. The molecule has 8 heteroatoms. The van der Waals surface area contributed by atoms with Crippen LogP contribution in [0.4, 0.5) is 0 Å². The van der Waals surface area contributed by atoms with E-state index in [0.717, 1.165) is 48.3 Å². The third-order valence-corrected chi connectivity index (χ3v) is 6.79. The van der Waals surface area contributed by atoms with Gasteiger partial charge in [0, 0.05) is 42.9 Å². The van der Waals surface area contributed by atoms with Crippen molar-refractivity contribution in [3.63, 3.8) is 0 Å². The van der Waals surface area contributed by atoms with E-state index in [1.165, 1.54) is 30.2 Å². The number of morpholine rings is 1. The predicted octanol–water partition coefficient (Wildman–Crippen LogP) is 4.17. The van der Waals surface area contributed by atoms with E-state index in [4.69, 9.17) is 10.5 Å². The fourth-order valence-electron chi connectivity index (χ4n) is 4.42. The molecule has 0 spiro atoms. The Kier molecular flexibility index (Phi) is 8.40. The second kappa shape index (κ2) is 11.9. The number of H-pyrrole nitrogens is 1. The molecular formula is C28H34N6O2. The Bertz CT molecular complexity index is 1210. The van der Waals surface area contributed by atoms with Crippen molar-refractivity contribution >= 4 is 5.91 Å². The SMILES string of the molecule is CC(=O)N1CCOCC1.Cc1ccccc1-c1c[nH]ncncnc1-c1ccc(C2(N)CCC2)cc1. The highest BCUT2D eigenvalue weighted by atomic mass is 16.5. The van der Waals surface area contributed by atoms with E-state index >= 15 is 0 Å². The molecule has 1 aliphatic heterocycles. The molecule has 188 valence electrons. The van der Waals surface area contributed by atoms with Gasteiger partial charge in [0.05, 0.1) is 18.9 Å². The fourth-order valence-corrected chi connectivity index (χ4v) is 4.42. The van der Waals surface area contributed by atoms with Gasteiger partial charge in [0.2, 0.25) is 5.91 Å². The molecule has 1 saturated carbocycles. The van der Waals surface area contributed by atoms with Gasteiger partial charge < -0.3 is 15.4 Å². The van der Waals surface area contributed by atoms with Crippen LogP contribution in [0.1, 0.15) is 37.3 Å². The van der Waals surface area contributed by atoms with Crippen molar-refractivity contribution in [3.8, 4) is 22.4 Å². The van der Waals surface area contributed by atoms with Crippen molar-refractivity contribution < 1.29 is 9.53 Å². The summed E-state index contributed by atoms with van der Waals surface area (Å²) < 4.78 is 5.06. The average molecular weight is 487 g/mol. The maximum absolute atomic E-state index is 10.7. The number of hydrogen-bond acceptors (Lipinski definition) is 6. The standard InChI is InChI=1S/C22H23N5.C6H11NO2/c1-16-5-2-3-6-19(16)20-13-26-27-15-24-14-25-21(20)17-7-9-18(10-8-17)22(23)11-4-12-22;1-6(8)7-2-4-9-5-3-7/h2-3,5-10,13-15,26H,4,11-12,23H2,1H3;2-5H2,1H3. The highest BCUT2D eigenvalue weighted by Gasteiger charge is 2.34. The maximum atomic E-state index is 10.7.